The minimum Gasteiger partial charge on any atom is -0.464 e. The lowest BCUT2D eigenvalue weighted by Gasteiger charge is -2.28. The van der Waals surface area contributed by atoms with E-state index in [-0.39, 0.29) is 30.9 Å². The zero-order valence-corrected chi connectivity index (χ0v) is 11.0. The fraction of sp³-hybridized carbons (Fsp3) is 0.750. The molecule has 5 heteroatoms. The van der Waals surface area contributed by atoms with E-state index in [4.69, 9.17) is 9.47 Å². The molecule has 0 unspecified atom stereocenters. The van der Waals surface area contributed by atoms with Crippen molar-refractivity contribution in [3.63, 3.8) is 0 Å². The van der Waals surface area contributed by atoms with Gasteiger partial charge in [-0.3, -0.25) is 14.4 Å². The van der Waals surface area contributed by atoms with E-state index in [9.17, 15) is 14.4 Å². The van der Waals surface area contributed by atoms with E-state index in [0.29, 0.717) is 0 Å². The lowest BCUT2D eigenvalue weighted by Crippen LogP contribution is -2.46. The lowest BCUT2D eigenvalue weighted by atomic mass is 9.82. The van der Waals surface area contributed by atoms with Crippen molar-refractivity contribution in [1.82, 2.24) is 0 Å². The first-order chi connectivity index (χ1) is 7.72. The first-order valence-electron chi connectivity index (χ1n) is 5.49. The van der Waals surface area contributed by atoms with Gasteiger partial charge in [-0.1, -0.05) is 0 Å². The maximum absolute atomic E-state index is 11.6. The number of rotatable bonds is 7. The number of carbonyl (C=O) groups is 3. The molecule has 0 aliphatic carbocycles. The van der Waals surface area contributed by atoms with Crippen LogP contribution in [-0.2, 0) is 23.9 Å². The smallest absolute Gasteiger partial charge is 0.302 e. The molecule has 0 saturated heterocycles. The molecule has 0 radical (unpaired) electrons. The van der Waals surface area contributed by atoms with E-state index >= 15 is 0 Å². The monoisotopic (exact) mass is 244 g/mol. The molecule has 0 aromatic carbocycles. The first kappa shape index (κ1) is 15.8. The number of ether oxygens (including phenoxy) is 2. The van der Waals surface area contributed by atoms with Gasteiger partial charge in [-0.05, 0) is 27.7 Å². The van der Waals surface area contributed by atoms with E-state index in [1.165, 1.54) is 20.8 Å². The second-order valence-corrected chi connectivity index (χ2v) is 4.33. The van der Waals surface area contributed by atoms with Crippen LogP contribution in [0.5, 0.6) is 0 Å². The highest BCUT2D eigenvalue weighted by Crippen LogP contribution is 2.22. The summed E-state index contributed by atoms with van der Waals surface area (Å²) in [4.78, 5) is 34.1. The van der Waals surface area contributed by atoms with Crippen LogP contribution in [0.15, 0.2) is 0 Å². The summed E-state index contributed by atoms with van der Waals surface area (Å²) in [6, 6.07) is 0. The second kappa shape index (κ2) is 6.49. The fourth-order valence-corrected chi connectivity index (χ4v) is 1.23. The van der Waals surface area contributed by atoms with Gasteiger partial charge in [0.05, 0.1) is 12.7 Å². The first-order valence-corrected chi connectivity index (χ1v) is 5.49. The third kappa shape index (κ3) is 4.65. The number of hydrogen-bond donors (Lipinski definition) is 0. The number of ketones is 2. The largest absolute Gasteiger partial charge is 0.464 e. The van der Waals surface area contributed by atoms with Gasteiger partial charge in [-0.2, -0.15) is 0 Å². The van der Waals surface area contributed by atoms with E-state index in [2.05, 4.69) is 0 Å². The van der Waals surface area contributed by atoms with Crippen LogP contribution in [0.4, 0.5) is 0 Å². The number of Topliss-reactive ketones (excluding diaryl/α,β-unsaturated/α-hetero) is 2. The van der Waals surface area contributed by atoms with Crippen molar-refractivity contribution in [3.05, 3.63) is 0 Å². The Bertz CT molecular complexity index is 292. The van der Waals surface area contributed by atoms with Crippen molar-refractivity contribution in [2.45, 2.75) is 40.7 Å². The van der Waals surface area contributed by atoms with Gasteiger partial charge in [0, 0.05) is 6.92 Å². The van der Waals surface area contributed by atoms with Crippen LogP contribution < -0.4 is 0 Å². The summed E-state index contributed by atoms with van der Waals surface area (Å²) in [5.41, 5.74) is -1.38. The number of esters is 1. The molecule has 0 N–H and O–H groups in total. The van der Waals surface area contributed by atoms with Crippen LogP contribution in [-0.4, -0.2) is 36.9 Å². The summed E-state index contributed by atoms with van der Waals surface area (Å²) in [7, 11) is 0. The predicted molar refractivity (Wildman–Crippen MR) is 61.5 cm³/mol. The molecule has 5 nitrogen and oxygen atoms in total. The Morgan fingerprint density at radius 3 is 1.76 bits per heavy atom. The molecule has 0 aromatic heterocycles. The molecule has 98 valence electrons. The van der Waals surface area contributed by atoms with Crippen molar-refractivity contribution in [3.8, 4) is 0 Å². The Labute approximate surface area is 101 Å². The summed E-state index contributed by atoms with van der Waals surface area (Å²) in [5.74, 6) is -1.24. The minimum absolute atomic E-state index is 0.0669. The van der Waals surface area contributed by atoms with Gasteiger partial charge in [-0.25, -0.2) is 0 Å². The highest BCUT2D eigenvalue weighted by molar-refractivity contribution is 6.05. The van der Waals surface area contributed by atoms with Crippen LogP contribution in [0.2, 0.25) is 0 Å². The second-order valence-electron chi connectivity index (χ2n) is 4.33. The molecule has 0 rings (SSSR count). The minimum atomic E-state index is -1.38. The highest BCUT2D eigenvalue weighted by atomic mass is 16.5. The molecule has 0 amide bonds. The highest BCUT2D eigenvalue weighted by Gasteiger charge is 2.42. The van der Waals surface area contributed by atoms with E-state index in [0.717, 1.165) is 0 Å². The van der Waals surface area contributed by atoms with Crippen molar-refractivity contribution < 1.29 is 23.9 Å². The molecule has 0 aliphatic heterocycles. The molecule has 17 heavy (non-hydrogen) atoms. The number of carbonyl (C=O) groups excluding carboxylic acids is 3. The summed E-state index contributed by atoms with van der Waals surface area (Å²) >= 11 is 0. The van der Waals surface area contributed by atoms with Gasteiger partial charge in [0.1, 0.15) is 23.6 Å². The van der Waals surface area contributed by atoms with Crippen molar-refractivity contribution >= 4 is 17.5 Å². The van der Waals surface area contributed by atoms with Crippen molar-refractivity contribution in [2.24, 2.45) is 5.41 Å². The molecule has 0 aliphatic rings. The predicted octanol–water partition coefficient (Wildman–Crippen LogP) is 1.14. The molecule has 0 aromatic rings. The molecule has 0 atom stereocenters. The van der Waals surface area contributed by atoms with Gasteiger partial charge in [-0.15, -0.1) is 0 Å². The van der Waals surface area contributed by atoms with E-state index in [1.807, 2.05) is 0 Å². The number of hydrogen-bond acceptors (Lipinski definition) is 5. The normalized spacial score (nSPS) is 11.4. The van der Waals surface area contributed by atoms with Crippen LogP contribution in [0.3, 0.4) is 0 Å². The molecule has 0 bridgehead atoms. The van der Waals surface area contributed by atoms with Crippen molar-refractivity contribution in [2.75, 3.05) is 13.2 Å². The van der Waals surface area contributed by atoms with Crippen LogP contribution >= 0.6 is 0 Å². The Balaban J connectivity index is 4.93. The van der Waals surface area contributed by atoms with Gasteiger partial charge in [0.2, 0.25) is 0 Å². The van der Waals surface area contributed by atoms with Gasteiger partial charge >= 0.3 is 5.97 Å². The fourth-order valence-electron chi connectivity index (χ4n) is 1.23. The lowest BCUT2D eigenvalue weighted by molar-refractivity contribution is -0.156. The molecule has 0 spiro atoms. The Morgan fingerprint density at radius 2 is 1.47 bits per heavy atom. The summed E-state index contributed by atoms with van der Waals surface area (Å²) < 4.78 is 10.1. The average Bonchev–Trinajstić information content (AvgIpc) is 2.16. The topological polar surface area (TPSA) is 69.7 Å². The quantitative estimate of drug-likeness (QED) is 0.496. The summed E-state index contributed by atoms with van der Waals surface area (Å²) in [6.07, 6.45) is -0.106. The van der Waals surface area contributed by atoms with Gasteiger partial charge in [0.25, 0.3) is 0 Å². The van der Waals surface area contributed by atoms with Crippen molar-refractivity contribution in [1.29, 1.82) is 0 Å². The van der Waals surface area contributed by atoms with Gasteiger partial charge < -0.3 is 9.47 Å². The standard InChI is InChI=1S/C12H20O5/c1-8(2)16-6-12(9(3)13,10(4)14)7-17-11(5)15/h8H,6-7H2,1-5H3. The van der Waals surface area contributed by atoms with Crippen LogP contribution in [0, 0.1) is 5.41 Å². The van der Waals surface area contributed by atoms with E-state index < -0.39 is 11.4 Å². The van der Waals surface area contributed by atoms with Crippen LogP contribution in [0.25, 0.3) is 0 Å². The maximum Gasteiger partial charge on any atom is 0.302 e. The molecule has 0 fully saturated rings. The zero-order valence-electron chi connectivity index (χ0n) is 11.0. The Kier molecular flexibility index (Phi) is 6.02. The molecule has 0 heterocycles. The molecular formula is C12H20O5. The Morgan fingerprint density at radius 1 is 1.00 bits per heavy atom. The zero-order chi connectivity index (χ0) is 13.6. The maximum atomic E-state index is 11.6. The Hall–Kier alpha value is -1.23. The molecular weight excluding hydrogens is 224 g/mol. The average molecular weight is 244 g/mol. The summed E-state index contributed by atoms with van der Waals surface area (Å²) in [6.45, 7) is 7.10. The SMILES string of the molecule is CC(=O)OCC(COC(C)C)(C(C)=O)C(C)=O. The van der Waals surface area contributed by atoms with E-state index in [1.54, 1.807) is 13.8 Å². The van der Waals surface area contributed by atoms with Gasteiger partial charge in [0.15, 0.2) is 0 Å². The summed E-state index contributed by atoms with van der Waals surface area (Å²) in [5, 5.41) is 0. The third-order valence-corrected chi connectivity index (χ3v) is 2.53. The van der Waals surface area contributed by atoms with Crippen LogP contribution in [0.1, 0.15) is 34.6 Å². The third-order valence-electron chi connectivity index (χ3n) is 2.53. The molecule has 0 saturated carbocycles.